The van der Waals surface area contributed by atoms with Gasteiger partial charge in [0, 0.05) is 37.5 Å². The minimum absolute atomic E-state index is 0. The lowest BCUT2D eigenvalue weighted by Gasteiger charge is -2.11. The molecule has 0 aliphatic rings. The van der Waals surface area contributed by atoms with Crippen molar-refractivity contribution >= 4 is 41.3 Å². The molecular weight excluding hydrogens is 482 g/mol. The van der Waals surface area contributed by atoms with Crippen molar-refractivity contribution < 1.29 is 17.7 Å². The minimum atomic E-state index is -4.39. The molecule has 0 fully saturated rings. The van der Waals surface area contributed by atoms with E-state index in [1.165, 1.54) is 0 Å². The third-order valence-electron chi connectivity index (χ3n) is 3.55. The number of aryl methyl sites for hydroxylation is 2. The zero-order chi connectivity index (χ0) is 18.4. The zero-order valence-corrected chi connectivity index (χ0v) is 17.8. The van der Waals surface area contributed by atoms with E-state index in [2.05, 4.69) is 25.8 Å². The molecule has 0 spiro atoms. The number of halogens is 4. The summed E-state index contributed by atoms with van der Waals surface area (Å²) in [6, 6.07) is 0. The van der Waals surface area contributed by atoms with Crippen LogP contribution in [0.1, 0.15) is 27.7 Å². The Kier molecular flexibility index (Phi) is 8.80. The molecule has 2 aromatic rings. The predicted molar refractivity (Wildman–Crippen MR) is 105 cm³/mol. The predicted octanol–water partition coefficient (Wildman–Crippen LogP) is 3.33. The van der Waals surface area contributed by atoms with Crippen LogP contribution in [0.4, 0.5) is 13.2 Å². The molecule has 0 atom stereocenters. The van der Waals surface area contributed by atoms with Gasteiger partial charge in [-0.1, -0.05) is 5.16 Å². The van der Waals surface area contributed by atoms with Crippen LogP contribution >= 0.6 is 35.3 Å². The first-order valence-electron chi connectivity index (χ1n) is 7.69. The van der Waals surface area contributed by atoms with Gasteiger partial charge in [0.15, 0.2) is 11.7 Å². The summed E-state index contributed by atoms with van der Waals surface area (Å²) >= 11 is 1.01. The van der Waals surface area contributed by atoms with Crippen molar-refractivity contribution in [2.75, 3.05) is 20.1 Å². The second kappa shape index (κ2) is 10.1. The lowest BCUT2D eigenvalue weighted by Crippen LogP contribution is -2.39. The van der Waals surface area contributed by atoms with Crippen molar-refractivity contribution in [1.29, 1.82) is 0 Å². The van der Waals surface area contributed by atoms with Gasteiger partial charge in [-0.25, -0.2) is 4.98 Å². The number of hydrogen-bond donors (Lipinski definition) is 2. The summed E-state index contributed by atoms with van der Waals surface area (Å²) in [6.45, 7) is 4.83. The Hall–Kier alpha value is -1.37. The first-order valence-corrected chi connectivity index (χ1v) is 8.57. The fraction of sp³-hybridized carbons (Fsp3) is 0.533. The van der Waals surface area contributed by atoms with E-state index >= 15 is 0 Å². The Morgan fingerprint density at radius 2 is 1.88 bits per heavy atom. The molecule has 26 heavy (non-hydrogen) atoms. The zero-order valence-electron chi connectivity index (χ0n) is 14.6. The monoisotopic (exact) mass is 503 g/mol. The molecule has 0 aliphatic carbocycles. The van der Waals surface area contributed by atoms with Crippen LogP contribution in [0.15, 0.2) is 14.9 Å². The maximum Gasteiger partial charge on any atom is 0.434 e. The van der Waals surface area contributed by atoms with E-state index in [4.69, 9.17) is 4.52 Å². The normalized spacial score (nSPS) is 12.0. The summed E-state index contributed by atoms with van der Waals surface area (Å²) < 4.78 is 42.6. The van der Waals surface area contributed by atoms with E-state index in [-0.39, 0.29) is 24.0 Å². The highest BCUT2D eigenvalue weighted by atomic mass is 127. The number of rotatable bonds is 6. The van der Waals surface area contributed by atoms with E-state index in [1.54, 1.807) is 7.05 Å². The molecule has 0 aliphatic heterocycles. The lowest BCUT2D eigenvalue weighted by atomic mass is 10.1. The summed E-state index contributed by atoms with van der Waals surface area (Å²) in [4.78, 5) is 7.68. The van der Waals surface area contributed by atoms with E-state index < -0.39 is 11.9 Å². The Morgan fingerprint density at radius 3 is 2.38 bits per heavy atom. The van der Waals surface area contributed by atoms with E-state index in [1.807, 2.05) is 13.8 Å². The highest BCUT2D eigenvalue weighted by molar-refractivity contribution is 14.0. The van der Waals surface area contributed by atoms with E-state index in [0.717, 1.165) is 40.2 Å². The highest BCUT2D eigenvalue weighted by Gasteiger charge is 2.33. The first kappa shape index (κ1) is 22.7. The number of aliphatic imine (C=N–C) groups is 1. The molecule has 146 valence electrons. The third kappa shape index (κ3) is 6.41. The standard InChI is InChI=1S/C15H20F3N5OS.HI/c1-9-11(10(2)24-23-9)4-6-20-14(19-3)21-7-5-13-22-12(8-25-13)15(16,17)18;/h8H,4-7H2,1-3H3,(H2,19,20,21);1H. The summed E-state index contributed by atoms with van der Waals surface area (Å²) in [6.07, 6.45) is -3.26. The fourth-order valence-corrected chi connectivity index (χ4v) is 3.03. The van der Waals surface area contributed by atoms with Crippen LogP contribution in [-0.4, -0.2) is 36.2 Å². The van der Waals surface area contributed by atoms with Gasteiger partial charge in [-0.2, -0.15) is 13.2 Å². The van der Waals surface area contributed by atoms with Crippen LogP contribution in [0, 0.1) is 13.8 Å². The quantitative estimate of drug-likeness (QED) is 0.360. The van der Waals surface area contributed by atoms with E-state index in [9.17, 15) is 13.2 Å². The van der Waals surface area contributed by atoms with E-state index in [0.29, 0.717) is 30.5 Å². The summed E-state index contributed by atoms with van der Waals surface area (Å²) in [5.74, 6) is 1.38. The maximum atomic E-state index is 12.5. The molecule has 0 unspecified atom stereocenters. The molecule has 0 bridgehead atoms. The third-order valence-corrected chi connectivity index (χ3v) is 4.45. The van der Waals surface area contributed by atoms with Gasteiger partial charge < -0.3 is 15.2 Å². The summed E-state index contributed by atoms with van der Waals surface area (Å²) in [5.41, 5.74) is 1.09. The Labute approximate surface area is 170 Å². The van der Waals surface area contributed by atoms with Crippen LogP contribution < -0.4 is 10.6 Å². The van der Waals surface area contributed by atoms with Crippen molar-refractivity contribution in [3.8, 4) is 0 Å². The lowest BCUT2D eigenvalue weighted by molar-refractivity contribution is -0.140. The molecule has 2 rings (SSSR count). The molecule has 0 aromatic carbocycles. The van der Waals surface area contributed by atoms with Gasteiger partial charge in [-0.05, 0) is 20.3 Å². The minimum Gasteiger partial charge on any atom is -0.361 e. The smallest absolute Gasteiger partial charge is 0.361 e. The number of nitrogens with zero attached hydrogens (tertiary/aromatic N) is 3. The Bertz CT molecular complexity index is 710. The molecule has 0 saturated carbocycles. The second-order valence-electron chi connectivity index (χ2n) is 5.35. The van der Waals surface area contributed by atoms with Gasteiger partial charge in [-0.15, -0.1) is 35.3 Å². The van der Waals surface area contributed by atoms with Gasteiger partial charge in [0.25, 0.3) is 0 Å². The largest absolute Gasteiger partial charge is 0.434 e. The first-order chi connectivity index (χ1) is 11.8. The van der Waals surface area contributed by atoms with Crippen molar-refractivity contribution in [3.63, 3.8) is 0 Å². The summed E-state index contributed by atoms with van der Waals surface area (Å²) in [5, 5.41) is 11.6. The van der Waals surface area contributed by atoms with Crippen molar-refractivity contribution in [3.05, 3.63) is 33.1 Å². The molecule has 0 amide bonds. The van der Waals surface area contributed by atoms with Crippen LogP contribution in [-0.2, 0) is 19.0 Å². The van der Waals surface area contributed by atoms with Crippen LogP contribution in [0.3, 0.4) is 0 Å². The Balaban J connectivity index is 0.00000338. The van der Waals surface area contributed by atoms with Crippen molar-refractivity contribution in [1.82, 2.24) is 20.8 Å². The molecule has 2 heterocycles. The Morgan fingerprint density at radius 1 is 1.23 bits per heavy atom. The van der Waals surface area contributed by atoms with Gasteiger partial charge in [-0.3, -0.25) is 4.99 Å². The van der Waals surface area contributed by atoms with Crippen LogP contribution in [0.2, 0.25) is 0 Å². The average molecular weight is 503 g/mol. The van der Waals surface area contributed by atoms with Gasteiger partial charge >= 0.3 is 6.18 Å². The van der Waals surface area contributed by atoms with Crippen molar-refractivity contribution in [2.45, 2.75) is 32.9 Å². The number of guanidine groups is 1. The second-order valence-corrected chi connectivity index (χ2v) is 6.30. The van der Waals surface area contributed by atoms with Gasteiger partial charge in [0.2, 0.25) is 0 Å². The molecule has 2 N–H and O–H groups in total. The topological polar surface area (TPSA) is 75.3 Å². The molecule has 0 radical (unpaired) electrons. The molecule has 2 aromatic heterocycles. The SMILES string of the molecule is CN=C(NCCc1nc(C(F)(F)F)cs1)NCCc1c(C)noc1C.I. The average Bonchev–Trinajstić information content (AvgIpc) is 3.14. The number of aromatic nitrogens is 2. The van der Waals surface area contributed by atoms with Crippen LogP contribution in [0.5, 0.6) is 0 Å². The number of thiazole rings is 1. The highest BCUT2D eigenvalue weighted by Crippen LogP contribution is 2.29. The molecule has 11 heteroatoms. The van der Waals surface area contributed by atoms with Gasteiger partial charge in [0.05, 0.1) is 10.7 Å². The molecule has 0 saturated heterocycles. The van der Waals surface area contributed by atoms with Crippen molar-refractivity contribution in [2.24, 2.45) is 4.99 Å². The summed E-state index contributed by atoms with van der Waals surface area (Å²) in [7, 11) is 1.64. The van der Waals surface area contributed by atoms with Gasteiger partial charge in [0.1, 0.15) is 5.76 Å². The molecule has 6 nitrogen and oxygen atoms in total. The number of nitrogens with one attached hydrogen (secondary N) is 2. The fourth-order valence-electron chi connectivity index (χ4n) is 2.23. The number of alkyl halides is 3. The van der Waals surface area contributed by atoms with Crippen LogP contribution in [0.25, 0.3) is 0 Å². The number of hydrogen-bond acceptors (Lipinski definition) is 5. The maximum absolute atomic E-state index is 12.5. The molecular formula is C15H21F3IN5OS.